The summed E-state index contributed by atoms with van der Waals surface area (Å²) in [6.07, 6.45) is 1.09. The van der Waals surface area contributed by atoms with Crippen LogP contribution >= 0.6 is 15.9 Å². The molecule has 140 valence electrons. The van der Waals surface area contributed by atoms with E-state index in [-0.39, 0.29) is 13.1 Å². The second-order valence-electron chi connectivity index (χ2n) is 5.66. The van der Waals surface area contributed by atoms with E-state index in [4.69, 9.17) is 4.74 Å². The third kappa shape index (κ3) is 6.44. The number of nitrogens with zero attached hydrogens (tertiary/aromatic N) is 1. The molecule has 1 N–H and O–H groups in total. The van der Waals surface area contributed by atoms with Gasteiger partial charge in [-0.25, -0.2) is 8.42 Å². The van der Waals surface area contributed by atoms with Crippen LogP contribution in [0.15, 0.2) is 53.0 Å². The molecule has 0 atom stereocenters. The quantitative estimate of drug-likeness (QED) is 0.683. The van der Waals surface area contributed by atoms with Crippen molar-refractivity contribution >= 4 is 37.5 Å². The Morgan fingerprint density at radius 3 is 2.27 bits per heavy atom. The van der Waals surface area contributed by atoms with Crippen molar-refractivity contribution in [3.05, 3.63) is 58.6 Å². The molecule has 0 radical (unpaired) electrons. The fourth-order valence-corrected chi connectivity index (χ4v) is 3.25. The van der Waals surface area contributed by atoms with Crippen molar-refractivity contribution < 1.29 is 17.9 Å². The molecule has 0 aliphatic rings. The molecule has 1 amide bonds. The van der Waals surface area contributed by atoms with Gasteiger partial charge >= 0.3 is 0 Å². The molecule has 2 aromatic carbocycles. The van der Waals surface area contributed by atoms with Crippen molar-refractivity contribution in [2.75, 3.05) is 24.7 Å². The highest BCUT2D eigenvalue weighted by atomic mass is 79.9. The molecule has 0 aliphatic carbocycles. The van der Waals surface area contributed by atoms with Gasteiger partial charge in [-0.3, -0.25) is 4.79 Å². The summed E-state index contributed by atoms with van der Waals surface area (Å²) in [4.78, 5) is 12.3. The Morgan fingerprint density at radius 1 is 1.12 bits per heavy atom. The normalized spacial score (nSPS) is 11.4. The summed E-state index contributed by atoms with van der Waals surface area (Å²) in [5.74, 6) is 0.301. The highest BCUT2D eigenvalue weighted by Crippen LogP contribution is 2.17. The van der Waals surface area contributed by atoms with Gasteiger partial charge in [-0.2, -0.15) is 4.31 Å². The number of hydrogen-bond donors (Lipinski definition) is 1. The van der Waals surface area contributed by atoms with Gasteiger partial charge in [0.15, 0.2) is 0 Å². The smallest absolute Gasteiger partial charge is 0.239 e. The summed E-state index contributed by atoms with van der Waals surface area (Å²) in [5, 5.41) is 2.70. The van der Waals surface area contributed by atoms with Crippen LogP contribution in [0.2, 0.25) is 0 Å². The van der Waals surface area contributed by atoms with Crippen molar-refractivity contribution in [3.8, 4) is 5.75 Å². The molecule has 0 aromatic heterocycles. The van der Waals surface area contributed by atoms with Gasteiger partial charge in [0.1, 0.15) is 5.75 Å². The maximum atomic E-state index is 12.3. The maximum absolute atomic E-state index is 12.3. The van der Waals surface area contributed by atoms with Crippen LogP contribution in [0.5, 0.6) is 5.75 Å². The lowest BCUT2D eigenvalue weighted by atomic mass is 10.2. The van der Waals surface area contributed by atoms with Gasteiger partial charge in [-0.05, 0) is 48.9 Å². The van der Waals surface area contributed by atoms with Crippen molar-refractivity contribution in [1.82, 2.24) is 4.31 Å². The first-order valence-corrected chi connectivity index (χ1v) is 10.6. The van der Waals surface area contributed by atoms with E-state index < -0.39 is 15.9 Å². The molecule has 8 heteroatoms. The van der Waals surface area contributed by atoms with E-state index >= 15 is 0 Å². The maximum Gasteiger partial charge on any atom is 0.239 e. The van der Waals surface area contributed by atoms with Gasteiger partial charge in [0.25, 0.3) is 0 Å². The van der Waals surface area contributed by atoms with Crippen molar-refractivity contribution in [2.24, 2.45) is 0 Å². The fourth-order valence-electron chi connectivity index (χ4n) is 2.25. The predicted molar refractivity (Wildman–Crippen MR) is 106 cm³/mol. The molecule has 26 heavy (non-hydrogen) atoms. The first kappa shape index (κ1) is 20.4. The Morgan fingerprint density at radius 2 is 1.73 bits per heavy atom. The summed E-state index contributed by atoms with van der Waals surface area (Å²) >= 11 is 3.34. The van der Waals surface area contributed by atoms with Crippen LogP contribution in [-0.2, 0) is 21.4 Å². The van der Waals surface area contributed by atoms with Crippen molar-refractivity contribution in [3.63, 3.8) is 0 Å². The molecule has 0 saturated heterocycles. The number of anilines is 1. The number of nitrogens with one attached hydrogen (secondary N) is 1. The first-order valence-electron chi connectivity index (χ1n) is 8.00. The zero-order valence-electron chi connectivity index (χ0n) is 14.6. The predicted octanol–water partition coefficient (Wildman–Crippen LogP) is 3.25. The van der Waals surface area contributed by atoms with E-state index in [0.29, 0.717) is 18.0 Å². The van der Waals surface area contributed by atoms with E-state index in [1.54, 1.807) is 24.3 Å². The Kier molecular flexibility index (Phi) is 7.19. The first-order chi connectivity index (χ1) is 12.3. The summed E-state index contributed by atoms with van der Waals surface area (Å²) in [6, 6.07) is 14.2. The molecule has 0 aliphatic heterocycles. The second-order valence-corrected chi connectivity index (χ2v) is 8.56. The number of ether oxygens (including phenoxy) is 1. The Bertz CT molecular complexity index is 836. The molecule has 0 bridgehead atoms. The molecule has 0 heterocycles. The zero-order valence-corrected chi connectivity index (χ0v) is 17.0. The lowest BCUT2D eigenvalue weighted by Crippen LogP contribution is -2.36. The largest absolute Gasteiger partial charge is 0.494 e. The van der Waals surface area contributed by atoms with E-state index in [2.05, 4.69) is 21.2 Å². The van der Waals surface area contributed by atoms with Crippen LogP contribution in [-0.4, -0.2) is 38.0 Å². The van der Waals surface area contributed by atoms with E-state index in [1.807, 2.05) is 31.2 Å². The van der Waals surface area contributed by atoms with Crippen LogP contribution in [0.1, 0.15) is 12.5 Å². The van der Waals surface area contributed by atoms with Crippen LogP contribution in [0.3, 0.4) is 0 Å². The number of hydrogen-bond acceptors (Lipinski definition) is 4. The third-order valence-electron chi connectivity index (χ3n) is 3.51. The fraction of sp³-hybridized carbons (Fsp3) is 0.278. The third-order valence-corrected chi connectivity index (χ3v) is 5.24. The number of rotatable bonds is 8. The standard InChI is InChI=1S/C18H21BrN2O4S/c1-3-25-17-10-8-16(9-11-17)20-18(22)13-21(26(2,23)24)12-14-4-6-15(19)7-5-14/h4-11H,3,12-13H2,1-2H3,(H,20,22). The van der Waals surface area contributed by atoms with Gasteiger partial charge < -0.3 is 10.1 Å². The molecule has 0 fully saturated rings. The topological polar surface area (TPSA) is 75.7 Å². The minimum absolute atomic E-state index is 0.128. The lowest BCUT2D eigenvalue weighted by molar-refractivity contribution is -0.116. The Hall–Kier alpha value is -1.90. The lowest BCUT2D eigenvalue weighted by Gasteiger charge is -2.19. The number of amides is 1. The molecular formula is C18H21BrN2O4S. The molecule has 0 saturated carbocycles. The van der Waals surface area contributed by atoms with E-state index in [1.165, 1.54) is 0 Å². The minimum Gasteiger partial charge on any atom is -0.494 e. The van der Waals surface area contributed by atoms with Crippen LogP contribution in [0.25, 0.3) is 0 Å². The molecule has 0 unspecified atom stereocenters. The van der Waals surface area contributed by atoms with Gasteiger partial charge in [0, 0.05) is 16.7 Å². The van der Waals surface area contributed by atoms with E-state index in [0.717, 1.165) is 20.6 Å². The molecular weight excluding hydrogens is 420 g/mol. The summed E-state index contributed by atoms with van der Waals surface area (Å²) < 4.78 is 31.4. The average Bonchev–Trinajstić information content (AvgIpc) is 2.57. The van der Waals surface area contributed by atoms with E-state index in [9.17, 15) is 13.2 Å². The van der Waals surface area contributed by atoms with Gasteiger partial charge in [-0.15, -0.1) is 0 Å². The van der Waals surface area contributed by atoms with Gasteiger partial charge in [-0.1, -0.05) is 28.1 Å². The van der Waals surface area contributed by atoms with Gasteiger partial charge in [0.05, 0.1) is 19.4 Å². The molecule has 2 aromatic rings. The number of carbonyl (C=O) groups is 1. The van der Waals surface area contributed by atoms with Gasteiger partial charge in [0.2, 0.25) is 15.9 Å². The summed E-state index contributed by atoms with van der Waals surface area (Å²) in [5.41, 5.74) is 1.38. The highest BCUT2D eigenvalue weighted by Gasteiger charge is 2.20. The minimum atomic E-state index is -3.53. The summed E-state index contributed by atoms with van der Waals surface area (Å²) in [7, 11) is -3.53. The van der Waals surface area contributed by atoms with Crippen LogP contribution in [0.4, 0.5) is 5.69 Å². The average molecular weight is 441 g/mol. The number of sulfonamides is 1. The Balaban J connectivity index is 2.03. The van der Waals surface area contributed by atoms with Crippen LogP contribution in [0, 0.1) is 0 Å². The second kappa shape index (κ2) is 9.16. The van der Waals surface area contributed by atoms with Crippen molar-refractivity contribution in [2.45, 2.75) is 13.5 Å². The molecule has 2 rings (SSSR count). The van der Waals surface area contributed by atoms with Crippen LogP contribution < -0.4 is 10.1 Å². The highest BCUT2D eigenvalue weighted by molar-refractivity contribution is 9.10. The zero-order chi connectivity index (χ0) is 19.2. The SMILES string of the molecule is CCOc1ccc(NC(=O)CN(Cc2ccc(Br)cc2)S(C)(=O)=O)cc1. The number of benzene rings is 2. The molecule has 0 spiro atoms. The van der Waals surface area contributed by atoms with Crippen molar-refractivity contribution in [1.29, 1.82) is 0 Å². The number of halogens is 1. The summed E-state index contributed by atoms with van der Waals surface area (Å²) in [6.45, 7) is 2.32. The molecule has 6 nitrogen and oxygen atoms in total. The Labute approximate surface area is 162 Å². The number of carbonyl (C=O) groups excluding carboxylic acids is 1. The monoisotopic (exact) mass is 440 g/mol.